The average Bonchev–Trinajstić information content (AvgIpc) is 3.29. The first kappa shape index (κ1) is 26.1. The Balaban J connectivity index is 1.55. The Morgan fingerprint density at radius 3 is 2.84 bits per heavy atom. The minimum atomic E-state index is -0.419. The number of hydrogen-bond acceptors (Lipinski definition) is 7. The first-order valence-electron chi connectivity index (χ1n) is 12.4. The standard InChI is InChI=1S/C27H28BrClN4O3S/c1-3-12-36-25-18(28)13-17(14-22(25)35-4-2)24-23-20(10-7-11-21(23)34)30-26-31-27(32-33(24)26)37-15-16-8-5-6-9-19(16)29/h5-6,8-9,13-14,24H,3-4,7,10-12,15H2,1-2H3,(H,30,31,32). The van der Waals surface area contributed by atoms with Gasteiger partial charge in [-0.05, 0) is 71.4 Å². The zero-order valence-electron chi connectivity index (χ0n) is 20.7. The van der Waals surface area contributed by atoms with E-state index in [1.807, 2.05) is 48.0 Å². The maximum Gasteiger partial charge on any atom is 0.227 e. The second-order valence-corrected chi connectivity index (χ2v) is 11.1. The number of nitrogens with one attached hydrogen (secondary N) is 1. The van der Waals surface area contributed by atoms with Crippen LogP contribution in [0.1, 0.15) is 56.7 Å². The van der Waals surface area contributed by atoms with Crippen LogP contribution in [0.25, 0.3) is 0 Å². The molecule has 1 aliphatic carbocycles. The van der Waals surface area contributed by atoms with Crippen LogP contribution in [0.5, 0.6) is 11.5 Å². The maximum atomic E-state index is 13.2. The molecule has 1 aliphatic heterocycles. The molecule has 0 amide bonds. The molecule has 1 atom stereocenters. The van der Waals surface area contributed by atoms with Crippen molar-refractivity contribution >= 4 is 51.0 Å². The number of anilines is 1. The van der Waals surface area contributed by atoms with E-state index in [1.165, 1.54) is 11.8 Å². The number of aromatic nitrogens is 3. The zero-order valence-corrected chi connectivity index (χ0v) is 23.9. The van der Waals surface area contributed by atoms with Gasteiger partial charge in [0.2, 0.25) is 11.1 Å². The van der Waals surface area contributed by atoms with Gasteiger partial charge >= 0.3 is 0 Å². The van der Waals surface area contributed by atoms with E-state index in [0.717, 1.165) is 51.2 Å². The van der Waals surface area contributed by atoms with Crippen LogP contribution < -0.4 is 14.8 Å². The normalized spacial score (nSPS) is 16.8. The van der Waals surface area contributed by atoms with Gasteiger partial charge in [0.25, 0.3) is 0 Å². The Kier molecular flexibility index (Phi) is 8.12. The van der Waals surface area contributed by atoms with Gasteiger partial charge in [0.15, 0.2) is 17.3 Å². The fraction of sp³-hybridized carbons (Fsp3) is 0.370. The van der Waals surface area contributed by atoms with Crippen molar-refractivity contribution in [3.63, 3.8) is 0 Å². The van der Waals surface area contributed by atoms with Crippen LogP contribution in [-0.2, 0) is 10.5 Å². The molecule has 0 bridgehead atoms. The van der Waals surface area contributed by atoms with E-state index < -0.39 is 6.04 Å². The molecule has 10 heteroatoms. The highest BCUT2D eigenvalue weighted by Crippen LogP contribution is 2.45. The van der Waals surface area contributed by atoms with E-state index in [4.69, 9.17) is 31.2 Å². The second kappa shape index (κ2) is 11.5. The van der Waals surface area contributed by atoms with Crippen molar-refractivity contribution in [2.24, 2.45) is 0 Å². The Bertz CT molecular complexity index is 1360. The summed E-state index contributed by atoms with van der Waals surface area (Å²) in [5, 5.41) is 9.58. The quantitative estimate of drug-likeness (QED) is 0.259. The van der Waals surface area contributed by atoms with Crippen LogP contribution in [-0.4, -0.2) is 33.8 Å². The van der Waals surface area contributed by atoms with E-state index in [9.17, 15) is 4.79 Å². The fourth-order valence-corrected chi connectivity index (χ4v) is 6.31. The van der Waals surface area contributed by atoms with Gasteiger partial charge in [0.1, 0.15) is 6.04 Å². The summed E-state index contributed by atoms with van der Waals surface area (Å²) in [6.45, 7) is 5.08. The van der Waals surface area contributed by atoms with Gasteiger partial charge in [-0.3, -0.25) is 4.79 Å². The van der Waals surface area contributed by atoms with Gasteiger partial charge < -0.3 is 14.8 Å². The highest BCUT2D eigenvalue weighted by Gasteiger charge is 2.37. The summed E-state index contributed by atoms with van der Waals surface area (Å²) >= 11 is 11.6. The van der Waals surface area contributed by atoms with E-state index in [0.29, 0.717) is 48.0 Å². The van der Waals surface area contributed by atoms with Gasteiger partial charge in [0, 0.05) is 28.5 Å². The number of carbonyl (C=O) groups is 1. The number of halogens is 2. The molecular formula is C27H28BrClN4O3S. The number of nitrogens with zero attached hydrogens (tertiary/aromatic N) is 3. The maximum absolute atomic E-state index is 13.2. The number of Topliss-reactive ketones (excluding diaryl/α,β-unsaturated/α-hetero) is 1. The van der Waals surface area contributed by atoms with Crippen LogP contribution in [0.4, 0.5) is 5.95 Å². The summed E-state index contributed by atoms with van der Waals surface area (Å²) in [5.74, 6) is 2.70. The van der Waals surface area contributed by atoms with Crippen LogP contribution in [0, 0.1) is 0 Å². The number of thioether (sulfide) groups is 1. The molecule has 2 aromatic carbocycles. The van der Waals surface area contributed by atoms with E-state index >= 15 is 0 Å². The van der Waals surface area contributed by atoms with Crippen molar-refractivity contribution < 1.29 is 14.3 Å². The largest absolute Gasteiger partial charge is 0.490 e. The van der Waals surface area contributed by atoms with Gasteiger partial charge in [-0.1, -0.05) is 48.5 Å². The molecule has 5 rings (SSSR count). The van der Waals surface area contributed by atoms with Crippen LogP contribution in [0.15, 0.2) is 57.3 Å². The number of fused-ring (bicyclic) bond motifs is 1. The summed E-state index contributed by atoms with van der Waals surface area (Å²) in [6, 6.07) is 11.3. The third-order valence-electron chi connectivity index (χ3n) is 6.26. The number of ketones is 1. The molecule has 2 aliphatic rings. The number of hydrogen-bond donors (Lipinski definition) is 1. The Morgan fingerprint density at radius 2 is 2.05 bits per heavy atom. The lowest BCUT2D eigenvalue weighted by Crippen LogP contribution is -2.31. The minimum Gasteiger partial charge on any atom is -0.490 e. The topological polar surface area (TPSA) is 78.3 Å². The lowest BCUT2D eigenvalue weighted by Gasteiger charge is -2.32. The van der Waals surface area contributed by atoms with Gasteiger partial charge in [-0.15, -0.1) is 5.10 Å². The Morgan fingerprint density at radius 1 is 1.22 bits per heavy atom. The number of carbonyl (C=O) groups excluding carboxylic acids is 1. The van der Waals surface area contributed by atoms with Crippen molar-refractivity contribution in [1.29, 1.82) is 0 Å². The molecule has 1 aromatic heterocycles. The van der Waals surface area contributed by atoms with Gasteiger partial charge in [-0.2, -0.15) is 4.98 Å². The number of ether oxygens (including phenoxy) is 2. The van der Waals surface area contributed by atoms with Crippen LogP contribution in [0.3, 0.4) is 0 Å². The predicted molar refractivity (Wildman–Crippen MR) is 150 cm³/mol. The molecule has 37 heavy (non-hydrogen) atoms. The number of benzene rings is 2. The molecule has 3 aromatic rings. The van der Waals surface area contributed by atoms with Crippen molar-refractivity contribution in [3.8, 4) is 11.5 Å². The molecule has 0 radical (unpaired) electrons. The zero-order chi connectivity index (χ0) is 25.9. The van der Waals surface area contributed by atoms with Crippen molar-refractivity contribution in [1.82, 2.24) is 14.8 Å². The second-order valence-electron chi connectivity index (χ2n) is 8.85. The molecule has 0 saturated carbocycles. The highest BCUT2D eigenvalue weighted by molar-refractivity contribution is 9.10. The summed E-state index contributed by atoms with van der Waals surface area (Å²) in [7, 11) is 0. The molecular weight excluding hydrogens is 576 g/mol. The molecule has 0 saturated heterocycles. The third kappa shape index (κ3) is 5.40. The Labute approximate surface area is 234 Å². The molecule has 0 fully saturated rings. The summed E-state index contributed by atoms with van der Waals surface area (Å²) in [6.07, 6.45) is 3.02. The first-order chi connectivity index (χ1) is 18.0. The van der Waals surface area contributed by atoms with Crippen LogP contribution >= 0.6 is 39.3 Å². The molecule has 1 N–H and O–H groups in total. The first-order valence-corrected chi connectivity index (χ1v) is 14.6. The fourth-order valence-electron chi connectivity index (χ4n) is 4.62. The number of rotatable bonds is 9. The average molecular weight is 604 g/mol. The van der Waals surface area contributed by atoms with Crippen molar-refractivity contribution in [3.05, 3.63) is 68.3 Å². The van der Waals surface area contributed by atoms with Gasteiger partial charge in [-0.25, -0.2) is 4.68 Å². The van der Waals surface area contributed by atoms with Gasteiger partial charge in [0.05, 0.1) is 17.7 Å². The SMILES string of the molecule is CCCOc1c(Br)cc(C2C3=C(CCCC3=O)Nc3nc(SCc4ccccc4Cl)nn32)cc1OCC. The summed E-state index contributed by atoms with van der Waals surface area (Å²) in [5.41, 5.74) is 3.57. The third-order valence-corrected chi connectivity index (χ3v) is 8.11. The van der Waals surface area contributed by atoms with E-state index in [-0.39, 0.29) is 5.78 Å². The van der Waals surface area contributed by atoms with Crippen LogP contribution in [0.2, 0.25) is 5.02 Å². The lowest BCUT2D eigenvalue weighted by molar-refractivity contribution is -0.116. The van der Waals surface area contributed by atoms with E-state index in [2.05, 4.69) is 28.2 Å². The summed E-state index contributed by atoms with van der Waals surface area (Å²) < 4.78 is 14.6. The molecule has 1 unspecified atom stereocenters. The monoisotopic (exact) mass is 602 g/mol. The smallest absolute Gasteiger partial charge is 0.227 e. The highest BCUT2D eigenvalue weighted by atomic mass is 79.9. The Hall–Kier alpha value is -2.49. The van der Waals surface area contributed by atoms with Crippen molar-refractivity contribution in [2.75, 3.05) is 18.5 Å². The minimum absolute atomic E-state index is 0.130. The molecule has 2 heterocycles. The van der Waals surface area contributed by atoms with Crippen molar-refractivity contribution in [2.45, 2.75) is 56.5 Å². The van der Waals surface area contributed by atoms with E-state index in [1.54, 1.807) is 0 Å². The predicted octanol–water partition coefficient (Wildman–Crippen LogP) is 7.20. The number of allylic oxidation sites excluding steroid dienone is 2. The summed E-state index contributed by atoms with van der Waals surface area (Å²) in [4.78, 5) is 18.0. The molecule has 7 nitrogen and oxygen atoms in total. The molecule has 194 valence electrons. The molecule has 0 spiro atoms. The lowest BCUT2D eigenvalue weighted by atomic mass is 9.85.